The number of hydrogen-bond acceptors (Lipinski definition) is 5. The van der Waals surface area contributed by atoms with E-state index in [4.69, 9.17) is 9.97 Å². The Morgan fingerprint density at radius 1 is 0.842 bits per heavy atom. The van der Waals surface area contributed by atoms with Crippen molar-refractivity contribution in [2.75, 3.05) is 24.3 Å². The normalized spacial score (nSPS) is 17.2. The highest BCUT2D eigenvalue weighted by atomic mass is 16.1. The first-order valence-corrected chi connectivity index (χ1v) is 13.7. The van der Waals surface area contributed by atoms with Crippen LogP contribution < -0.4 is 15.5 Å². The van der Waals surface area contributed by atoms with E-state index in [2.05, 4.69) is 47.9 Å². The SMILES string of the molecule is CCCc1ccc(-c2ccc(C(=O)NC3CCC(Nc4nc(N(C)C)c5ccccc5n4)CC3)cc2)cc1. The molecule has 0 spiro atoms. The number of amides is 1. The zero-order chi connectivity index (χ0) is 26.5. The molecule has 0 radical (unpaired) electrons. The van der Waals surface area contributed by atoms with Crippen LogP contribution in [0.4, 0.5) is 11.8 Å². The van der Waals surface area contributed by atoms with Crippen LogP contribution in [0.1, 0.15) is 54.9 Å². The molecule has 1 aliphatic rings. The van der Waals surface area contributed by atoms with Crippen LogP contribution in [0, 0.1) is 0 Å². The monoisotopic (exact) mass is 507 g/mol. The highest BCUT2D eigenvalue weighted by Crippen LogP contribution is 2.27. The van der Waals surface area contributed by atoms with Gasteiger partial charge in [-0.15, -0.1) is 0 Å². The first-order chi connectivity index (χ1) is 18.5. The van der Waals surface area contributed by atoms with Crippen molar-refractivity contribution < 1.29 is 4.79 Å². The Labute approximate surface area is 225 Å². The van der Waals surface area contributed by atoms with Crippen LogP contribution in [-0.4, -0.2) is 42.1 Å². The van der Waals surface area contributed by atoms with Crippen molar-refractivity contribution in [3.8, 4) is 11.1 Å². The number of anilines is 2. The topological polar surface area (TPSA) is 70.2 Å². The van der Waals surface area contributed by atoms with Gasteiger partial charge >= 0.3 is 0 Å². The summed E-state index contributed by atoms with van der Waals surface area (Å²) in [5.41, 5.74) is 5.31. The quantitative estimate of drug-likeness (QED) is 0.286. The molecule has 1 heterocycles. The molecule has 0 atom stereocenters. The molecular formula is C32H37N5O. The molecule has 6 heteroatoms. The third-order valence-corrected chi connectivity index (χ3v) is 7.38. The summed E-state index contributed by atoms with van der Waals surface area (Å²) >= 11 is 0. The Bertz CT molecular complexity index is 1370. The number of para-hydroxylation sites is 1. The number of benzene rings is 3. The van der Waals surface area contributed by atoms with E-state index in [1.165, 1.54) is 11.1 Å². The van der Waals surface area contributed by atoms with Crippen molar-refractivity contribution in [3.05, 3.63) is 83.9 Å². The van der Waals surface area contributed by atoms with Crippen LogP contribution in [0.25, 0.3) is 22.0 Å². The lowest BCUT2D eigenvalue weighted by molar-refractivity contribution is 0.0926. The highest BCUT2D eigenvalue weighted by molar-refractivity contribution is 5.95. The van der Waals surface area contributed by atoms with E-state index < -0.39 is 0 Å². The molecule has 1 fully saturated rings. The van der Waals surface area contributed by atoms with Crippen LogP contribution in [-0.2, 0) is 6.42 Å². The first kappa shape index (κ1) is 25.7. The molecular weight excluding hydrogens is 470 g/mol. The molecule has 1 saturated carbocycles. The summed E-state index contributed by atoms with van der Waals surface area (Å²) in [4.78, 5) is 24.5. The fourth-order valence-corrected chi connectivity index (χ4v) is 5.27. The second-order valence-corrected chi connectivity index (χ2v) is 10.5. The molecule has 1 amide bonds. The Morgan fingerprint density at radius 2 is 1.47 bits per heavy atom. The van der Waals surface area contributed by atoms with Crippen LogP contribution in [0.3, 0.4) is 0 Å². The standard InChI is InChI=1S/C32H37N5O/c1-4-7-22-10-12-23(13-11-22)24-14-16-25(17-15-24)31(38)33-26-18-20-27(21-19-26)34-32-35-29-9-6-5-8-28(29)30(36-32)37(2)3/h5-6,8-17,26-27H,4,7,18-21H2,1-3H3,(H,33,38)(H,34,35,36). The van der Waals surface area contributed by atoms with Gasteiger partial charge in [-0.3, -0.25) is 4.79 Å². The largest absolute Gasteiger partial charge is 0.362 e. The molecule has 0 bridgehead atoms. The van der Waals surface area contributed by atoms with Gasteiger partial charge in [-0.1, -0.05) is 61.9 Å². The lowest BCUT2D eigenvalue weighted by atomic mass is 9.91. The fraction of sp³-hybridized carbons (Fsp3) is 0.344. The van der Waals surface area contributed by atoms with Crippen molar-refractivity contribution >= 4 is 28.6 Å². The minimum absolute atomic E-state index is 0.000241. The van der Waals surface area contributed by atoms with Crippen LogP contribution in [0.2, 0.25) is 0 Å². The molecule has 2 N–H and O–H groups in total. The summed E-state index contributed by atoms with van der Waals surface area (Å²) in [7, 11) is 4.01. The van der Waals surface area contributed by atoms with Crippen molar-refractivity contribution in [3.63, 3.8) is 0 Å². The average Bonchev–Trinajstić information content (AvgIpc) is 2.94. The maximum absolute atomic E-state index is 12.9. The smallest absolute Gasteiger partial charge is 0.251 e. The molecule has 0 saturated heterocycles. The van der Waals surface area contributed by atoms with E-state index in [1.807, 2.05) is 61.5 Å². The number of nitrogens with one attached hydrogen (secondary N) is 2. The van der Waals surface area contributed by atoms with E-state index in [-0.39, 0.29) is 11.9 Å². The van der Waals surface area contributed by atoms with Gasteiger partial charge in [0.05, 0.1) is 5.52 Å². The predicted octanol–water partition coefficient (Wildman–Crippen LogP) is 6.47. The zero-order valence-corrected chi connectivity index (χ0v) is 22.6. The number of carbonyl (C=O) groups is 1. The number of fused-ring (bicyclic) bond motifs is 1. The van der Waals surface area contributed by atoms with Crippen LogP contribution in [0.5, 0.6) is 0 Å². The summed E-state index contributed by atoms with van der Waals surface area (Å²) < 4.78 is 0. The molecule has 4 aromatic rings. The fourth-order valence-electron chi connectivity index (χ4n) is 5.27. The number of aromatic nitrogens is 2. The maximum Gasteiger partial charge on any atom is 0.251 e. The molecule has 1 aliphatic carbocycles. The van der Waals surface area contributed by atoms with Crippen molar-refractivity contribution in [1.82, 2.24) is 15.3 Å². The number of rotatable bonds is 8. The minimum atomic E-state index is -0.000241. The van der Waals surface area contributed by atoms with Crippen molar-refractivity contribution in [2.24, 2.45) is 0 Å². The van der Waals surface area contributed by atoms with Crippen molar-refractivity contribution in [2.45, 2.75) is 57.5 Å². The van der Waals surface area contributed by atoms with Gasteiger partial charge in [0.2, 0.25) is 5.95 Å². The maximum atomic E-state index is 12.9. The summed E-state index contributed by atoms with van der Waals surface area (Å²) in [6, 6.07) is 25.2. The summed E-state index contributed by atoms with van der Waals surface area (Å²) in [5.74, 6) is 1.58. The van der Waals surface area contributed by atoms with E-state index in [9.17, 15) is 4.79 Å². The lowest BCUT2D eigenvalue weighted by Crippen LogP contribution is -2.40. The van der Waals surface area contributed by atoms with Gasteiger partial charge in [0.1, 0.15) is 5.82 Å². The average molecular weight is 508 g/mol. The number of carbonyl (C=O) groups excluding carboxylic acids is 1. The third kappa shape index (κ3) is 5.96. The van der Waals surface area contributed by atoms with Gasteiger partial charge in [-0.25, -0.2) is 4.98 Å². The lowest BCUT2D eigenvalue weighted by Gasteiger charge is -2.30. The molecule has 196 valence electrons. The molecule has 38 heavy (non-hydrogen) atoms. The Balaban J connectivity index is 1.15. The minimum Gasteiger partial charge on any atom is -0.362 e. The Morgan fingerprint density at radius 3 is 2.13 bits per heavy atom. The van der Waals surface area contributed by atoms with Gasteiger partial charge in [-0.05, 0) is 73.1 Å². The van der Waals surface area contributed by atoms with Crippen LogP contribution in [0.15, 0.2) is 72.8 Å². The second kappa shape index (κ2) is 11.6. The van der Waals surface area contributed by atoms with Crippen molar-refractivity contribution in [1.29, 1.82) is 0 Å². The molecule has 5 rings (SSSR count). The Hall–Kier alpha value is -3.93. The van der Waals surface area contributed by atoms with E-state index in [0.717, 1.165) is 60.8 Å². The summed E-state index contributed by atoms with van der Waals surface area (Å²) in [6.07, 6.45) is 6.04. The van der Waals surface area contributed by atoms with Gasteiger partial charge in [0, 0.05) is 37.1 Å². The summed E-state index contributed by atoms with van der Waals surface area (Å²) in [6.45, 7) is 2.20. The summed E-state index contributed by atoms with van der Waals surface area (Å²) in [5, 5.41) is 7.84. The molecule has 6 nitrogen and oxygen atoms in total. The van der Waals surface area contributed by atoms with E-state index in [1.54, 1.807) is 0 Å². The van der Waals surface area contributed by atoms with E-state index in [0.29, 0.717) is 17.6 Å². The number of nitrogens with zero attached hydrogens (tertiary/aromatic N) is 3. The molecule has 3 aromatic carbocycles. The second-order valence-electron chi connectivity index (χ2n) is 10.5. The van der Waals surface area contributed by atoms with Gasteiger partial charge in [0.25, 0.3) is 5.91 Å². The third-order valence-electron chi connectivity index (χ3n) is 7.38. The Kier molecular flexibility index (Phi) is 7.87. The first-order valence-electron chi connectivity index (χ1n) is 13.7. The van der Waals surface area contributed by atoms with Gasteiger partial charge in [0.15, 0.2) is 0 Å². The molecule has 0 aliphatic heterocycles. The zero-order valence-electron chi connectivity index (χ0n) is 22.6. The van der Waals surface area contributed by atoms with Gasteiger partial charge in [-0.2, -0.15) is 4.98 Å². The number of hydrogen-bond donors (Lipinski definition) is 2. The molecule has 1 aromatic heterocycles. The highest BCUT2D eigenvalue weighted by Gasteiger charge is 2.24. The van der Waals surface area contributed by atoms with Crippen LogP contribution >= 0.6 is 0 Å². The number of aryl methyl sites for hydroxylation is 1. The van der Waals surface area contributed by atoms with Gasteiger partial charge < -0.3 is 15.5 Å². The predicted molar refractivity (Wildman–Crippen MR) is 157 cm³/mol. The van der Waals surface area contributed by atoms with E-state index >= 15 is 0 Å². The molecule has 0 unspecified atom stereocenters.